The molecule has 0 saturated carbocycles. The van der Waals surface area contributed by atoms with E-state index in [0.717, 1.165) is 26.3 Å². The lowest BCUT2D eigenvalue weighted by Gasteiger charge is -2.19. The molecule has 0 aliphatic carbocycles. The monoisotopic (exact) mass is 430 g/mol. The molecule has 2 aromatic carbocycles. The van der Waals surface area contributed by atoms with E-state index in [1.807, 2.05) is 41.8 Å². The van der Waals surface area contributed by atoms with Gasteiger partial charge in [0.15, 0.2) is 11.5 Å². The lowest BCUT2D eigenvalue weighted by molar-refractivity contribution is -0.115. The van der Waals surface area contributed by atoms with Crippen molar-refractivity contribution in [2.24, 2.45) is 0 Å². The predicted octanol–water partition coefficient (Wildman–Crippen LogP) is 4.53. The molecule has 0 fully saturated rings. The van der Waals surface area contributed by atoms with Crippen molar-refractivity contribution >= 4 is 38.9 Å². The van der Waals surface area contributed by atoms with Gasteiger partial charge in [0.25, 0.3) is 0 Å². The van der Waals surface area contributed by atoms with Crippen LogP contribution in [0.3, 0.4) is 0 Å². The number of halogens is 1. The van der Waals surface area contributed by atoms with Gasteiger partial charge >= 0.3 is 0 Å². The van der Waals surface area contributed by atoms with Gasteiger partial charge in [-0.15, -0.1) is 11.3 Å². The summed E-state index contributed by atoms with van der Waals surface area (Å²) in [6.07, 6.45) is 2.02. The Bertz CT molecular complexity index is 927. The normalized spacial score (nSPS) is 12.7. The van der Waals surface area contributed by atoms with E-state index in [1.54, 1.807) is 17.5 Å². The number of hydrogen-bond donors (Lipinski definition) is 1. The fourth-order valence-corrected chi connectivity index (χ4v) is 3.79. The number of rotatable bonds is 4. The molecule has 7 heteroatoms. The van der Waals surface area contributed by atoms with Crippen LogP contribution in [0.1, 0.15) is 5.56 Å². The van der Waals surface area contributed by atoms with Crippen molar-refractivity contribution in [1.82, 2.24) is 4.98 Å². The summed E-state index contributed by atoms with van der Waals surface area (Å²) in [6.45, 7) is 1.06. The number of thiazole rings is 1. The molecule has 0 saturated heterocycles. The summed E-state index contributed by atoms with van der Waals surface area (Å²) < 4.78 is 12.0. The molecule has 1 amide bonds. The molecule has 2 heterocycles. The number of fused-ring (bicyclic) bond motifs is 1. The number of ether oxygens (including phenoxy) is 2. The Kier molecular flexibility index (Phi) is 4.90. The quantitative estimate of drug-likeness (QED) is 0.660. The molecule has 0 atom stereocenters. The van der Waals surface area contributed by atoms with E-state index < -0.39 is 0 Å². The van der Waals surface area contributed by atoms with Gasteiger partial charge in [0.1, 0.15) is 18.2 Å². The summed E-state index contributed by atoms with van der Waals surface area (Å²) in [5.74, 6) is 1.28. The van der Waals surface area contributed by atoms with Crippen molar-refractivity contribution in [3.8, 4) is 22.1 Å². The molecule has 0 unspecified atom stereocenters. The Morgan fingerprint density at radius 1 is 1.15 bits per heavy atom. The second kappa shape index (κ2) is 7.47. The fourth-order valence-electron chi connectivity index (χ4n) is 2.68. The number of aromatic nitrogens is 1. The summed E-state index contributed by atoms with van der Waals surface area (Å²) in [6, 6.07) is 11.4. The average molecular weight is 431 g/mol. The highest BCUT2D eigenvalue weighted by atomic mass is 79.9. The highest BCUT2D eigenvalue weighted by Crippen LogP contribution is 2.35. The fraction of sp³-hybridized carbons (Fsp3) is 0.158. The minimum Gasteiger partial charge on any atom is -0.486 e. The summed E-state index contributed by atoms with van der Waals surface area (Å²) in [5.41, 5.74) is 2.64. The highest BCUT2D eigenvalue weighted by Gasteiger charge is 2.16. The molecule has 1 aliphatic heterocycles. The van der Waals surface area contributed by atoms with Crippen molar-refractivity contribution in [2.45, 2.75) is 6.42 Å². The van der Waals surface area contributed by atoms with Crippen LogP contribution in [0.2, 0.25) is 0 Å². The van der Waals surface area contributed by atoms with E-state index in [0.29, 0.717) is 24.7 Å². The van der Waals surface area contributed by atoms with Gasteiger partial charge in [-0.05, 0) is 42.0 Å². The molecule has 0 spiro atoms. The van der Waals surface area contributed by atoms with Crippen LogP contribution in [0, 0.1) is 0 Å². The lowest BCUT2D eigenvalue weighted by atomic mass is 10.1. The SMILES string of the molecule is O=C(Cc1cc2c(cc1Br)OCCO2)Nc1ccc(-c2nccs2)cc1. The maximum atomic E-state index is 12.4. The third-order valence-electron chi connectivity index (χ3n) is 3.91. The Labute approximate surface area is 163 Å². The zero-order chi connectivity index (χ0) is 17.9. The van der Waals surface area contributed by atoms with Gasteiger partial charge in [-0.2, -0.15) is 0 Å². The van der Waals surface area contributed by atoms with Crippen molar-refractivity contribution in [1.29, 1.82) is 0 Å². The summed E-state index contributed by atoms with van der Waals surface area (Å²) in [4.78, 5) is 16.7. The van der Waals surface area contributed by atoms with Crippen LogP contribution in [0.4, 0.5) is 5.69 Å². The second-order valence-corrected chi connectivity index (χ2v) is 7.48. The molecule has 132 valence electrons. The van der Waals surface area contributed by atoms with Crippen LogP contribution < -0.4 is 14.8 Å². The second-order valence-electron chi connectivity index (χ2n) is 5.73. The molecule has 3 aromatic rings. The molecular formula is C19H15BrN2O3S. The standard InChI is InChI=1S/C19H15BrN2O3S/c20-15-11-17-16(24-6-7-25-17)9-13(15)10-18(23)22-14-3-1-12(2-4-14)19-21-5-8-26-19/h1-5,8-9,11H,6-7,10H2,(H,22,23). The minimum absolute atomic E-state index is 0.0932. The number of anilines is 1. The van der Waals surface area contributed by atoms with E-state index in [2.05, 4.69) is 26.2 Å². The maximum absolute atomic E-state index is 12.4. The number of carbonyl (C=O) groups is 1. The first-order chi connectivity index (χ1) is 12.7. The molecule has 1 aromatic heterocycles. The average Bonchev–Trinajstić information content (AvgIpc) is 3.17. The van der Waals surface area contributed by atoms with Crippen LogP contribution in [0.25, 0.3) is 10.6 Å². The van der Waals surface area contributed by atoms with Crippen molar-refractivity contribution < 1.29 is 14.3 Å². The van der Waals surface area contributed by atoms with E-state index in [4.69, 9.17) is 9.47 Å². The van der Waals surface area contributed by atoms with Gasteiger partial charge in [-0.1, -0.05) is 15.9 Å². The zero-order valence-corrected chi connectivity index (χ0v) is 16.1. The van der Waals surface area contributed by atoms with Crippen LogP contribution in [-0.2, 0) is 11.2 Å². The van der Waals surface area contributed by atoms with Crippen LogP contribution in [0.5, 0.6) is 11.5 Å². The van der Waals surface area contributed by atoms with Gasteiger partial charge < -0.3 is 14.8 Å². The third-order valence-corrected chi connectivity index (χ3v) is 5.47. The largest absolute Gasteiger partial charge is 0.486 e. The minimum atomic E-state index is -0.0932. The topological polar surface area (TPSA) is 60.5 Å². The first kappa shape index (κ1) is 17.1. The summed E-state index contributed by atoms with van der Waals surface area (Å²) in [7, 11) is 0. The first-order valence-electron chi connectivity index (χ1n) is 8.07. The van der Waals surface area contributed by atoms with E-state index in [-0.39, 0.29) is 12.3 Å². The van der Waals surface area contributed by atoms with Gasteiger partial charge in [0.05, 0.1) is 6.42 Å². The Hall–Kier alpha value is -2.38. The van der Waals surface area contributed by atoms with E-state index in [1.165, 1.54) is 0 Å². The molecule has 5 nitrogen and oxygen atoms in total. The van der Waals surface area contributed by atoms with E-state index >= 15 is 0 Å². The number of amides is 1. The molecule has 26 heavy (non-hydrogen) atoms. The first-order valence-corrected chi connectivity index (χ1v) is 9.74. The van der Waals surface area contributed by atoms with Gasteiger partial charge in [-0.25, -0.2) is 4.98 Å². The van der Waals surface area contributed by atoms with Crippen LogP contribution in [0.15, 0.2) is 52.4 Å². The predicted molar refractivity (Wildman–Crippen MR) is 105 cm³/mol. The molecule has 1 N–H and O–H groups in total. The van der Waals surface area contributed by atoms with Crippen molar-refractivity contribution in [3.63, 3.8) is 0 Å². The number of nitrogens with one attached hydrogen (secondary N) is 1. The number of benzene rings is 2. The molecule has 4 rings (SSSR count). The lowest BCUT2D eigenvalue weighted by Crippen LogP contribution is -2.17. The Morgan fingerprint density at radius 2 is 1.88 bits per heavy atom. The highest BCUT2D eigenvalue weighted by molar-refractivity contribution is 9.10. The van der Waals surface area contributed by atoms with Gasteiger partial charge in [0, 0.05) is 27.3 Å². The molecule has 0 radical (unpaired) electrons. The van der Waals surface area contributed by atoms with Crippen molar-refractivity contribution in [2.75, 3.05) is 18.5 Å². The third kappa shape index (κ3) is 3.73. The van der Waals surface area contributed by atoms with Gasteiger partial charge in [0.2, 0.25) is 5.91 Å². The summed E-state index contributed by atoms with van der Waals surface area (Å²) >= 11 is 5.08. The maximum Gasteiger partial charge on any atom is 0.228 e. The zero-order valence-electron chi connectivity index (χ0n) is 13.7. The van der Waals surface area contributed by atoms with Crippen molar-refractivity contribution in [3.05, 3.63) is 58.0 Å². The summed E-state index contributed by atoms with van der Waals surface area (Å²) in [5, 5.41) is 5.82. The number of carbonyl (C=O) groups excluding carboxylic acids is 1. The van der Waals surface area contributed by atoms with Gasteiger partial charge in [-0.3, -0.25) is 4.79 Å². The Balaban J connectivity index is 1.44. The number of nitrogens with zero attached hydrogens (tertiary/aromatic N) is 1. The molecule has 1 aliphatic rings. The van der Waals surface area contributed by atoms with E-state index in [9.17, 15) is 4.79 Å². The molecule has 0 bridgehead atoms. The van der Waals surface area contributed by atoms with Crippen LogP contribution >= 0.6 is 27.3 Å². The Morgan fingerprint density at radius 3 is 2.58 bits per heavy atom. The smallest absolute Gasteiger partial charge is 0.228 e. The van der Waals surface area contributed by atoms with Crippen LogP contribution in [-0.4, -0.2) is 24.1 Å². The number of hydrogen-bond acceptors (Lipinski definition) is 5. The molecular weight excluding hydrogens is 416 g/mol.